The van der Waals surface area contributed by atoms with Gasteiger partial charge in [0.15, 0.2) is 16.7 Å². The highest BCUT2D eigenvalue weighted by Crippen LogP contribution is 2.38. The fourth-order valence-corrected chi connectivity index (χ4v) is 4.09. The van der Waals surface area contributed by atoms with E-state index in [0.717, 1.165) is 0 Å². The standard InChI is InChI=1S/C21H19BrN2O5S/c1-4-29-16-10-12(9-15(22)18(16)25)11-17-19(26)24(2)21(30-17)23-14-7-5-13(6-8-14)20(27)28-3/h5-11,25H,4H2,1-3H3/b17-11-,23-21?. The van der Waals surface area contributed by atoms with Gasteiger partial charge in [-0.05, 0) is 82.7 Å². The van der Waals surface area contributed by atoms with Gasteiger partial charge in [0.05, 0.1) is 34.3 Å². The van der Waals surface area contributed by atoms with E-state index in [-0.39, 0.29) is 11.7 Å². The summed E-state index contributed by atoms with van der Waals surface area (Å²) in [6.07, 6.45) is 1.72. The molecule has 2 aromatic rings. The van der Waals surface area contributed by atoms with Crippen molar-refractivity contribution in [2.45, 2.75) is 6.92 Å². The molecule has 0 aliphatic carbocycles. The molecule has 1 aliphatic heterocycles. The quantitative estimate of drug-likeness (QED) is 0.487. The summed E-state index contributed by atoms with van der Waals surface area (Å²) in [5.41, 5.74) is 1.74. The maximum atomic E-state index is 12.7. The van der Waals surface area contributed by atoms with Crippen LogP contribution in [0.1, 0.15) is 22.8 Å². The summed E-state index contributed by atoms with van der Waals surface area (Å²) in [5, 5.41) is 10.6. The third-order valence-corrected chi connectivity index (χ3v) is 5.83. The highest BCUT2D eigenvalue weighted by Gasteiger charge is 2.30. The second-order valence-electron chi connectivity index (χ2n) is 6.19. The van der Waals surface area contributed by atoms with E-state index in [1.54, 1.807) is 49.5 Å². The molecular formula is C21H19BrN2O5S. The van der Waals surface area contributed by atoms with E-state index in [4.69, 9.17) is 4.74 Å². The lowest BCUT2D eigenvalue weighted by molar-refractivity contribution is -0.121. The van der Waals surface area contributed by atoms with E-state index < -0.39 is 5.97 Å². The van der Waals surface area contributed by atoms with E-state index in [1.807, 2.05) is 6.92 Å². The number of aromatic hydroxyl groups is 1. The summed E-state index contributed by atoms with van der Waals surface area (Å²) >= 11 is 4.54. The second kappa shape index (κ2) is 9.36. The molecule has 0 radical (unpaired) electrons. The Bertz CT molecular complexity index is 1050. The van der Waals surface area contributed by atoms with Crippen LogP contribution >= 0.6 is 27.7 Å². The molecule has 1 heterocycles. The normalized spacial score (nSPS) is 16.4. The van der Waals surface area contributed by atoms with Gasteiger partial charge in [-0.3, -0.25) is 9.69 Å². The first-order chi connectivity index (χ1) is 14.3. The highest BCUT2D eigenvalue weighted by atomic mass is 79.9. The zero-order chi connectivity index (χ0) is 21.8. The van der Waals surface area contributed by atoms with Crippen molar-refractivity contribution in [2.24, 2.45) is 4.99 Å². The Morgan fingerprint density at radius 2 is 2.00 bits per heavy atom. The van der Waals surface area contributed by atoms with Crippen LogP contribution in [0.15, 0.2) is 50.8 Å². The predicted octanol–water partition coefficient (Wildman–Crippen LogP) is 4.57. The lowest BCUT2D eigenvalue weighted by Crippen LogP contribution is -2.23. The summed E-state index contributed by atoms with van der Waals surface area (Å²) in [5.74, 6) is -0.262. The number of hydrogen-bond donors (Lipinski definition) is 1. The molecule has 0 aromatic heterocycles. The second-order valence-corrected chi connectivity index (χ2v) is 8.05. The molecule has 9 heteroatoms. The maximum absolute atomic E-state index is 12.7. The van der Waals surface area contributed by atoms with Gasteiger partial charge in [0.25, 0.3) is 5.91 Å². The fourth-order valence-electron chi connectivity index (χ4n) is 2.65. The van der Waals surface area contributed by atoms with Crippen LogP contribution in [0.5, 0.6) is 11.5 Å². The number of carbonyl (C=O) groups excluding carboxylic acids is 2. The molecule has 1 amide bonds. The molecule has 7 nitrogen and oxygen atoms in total. The molecule has 156 valence electrons. The zero-order valence-electron chi connectivity index (χ0n) is 16.5. The number of benzene rings is 2. The van der Waals surface area contributed by atoms with E-state index in [1.165, 1.54) is 23.8 Å². The van der Waals surface area contributed by atoms with Crippen molar-refractivity contribution in [3.8, 4) is 11.5 Å². The minimum atomic E-state index is -0.423. The van der Waals surface area contributed by atoms with Gasteiger partial charge in [0.2, 0.25) is 0 Å². The Morgan fingerprint density at radius 1 is 1.30 bits per heavy atom. The molecule has 30 heavy (non-hydrogen) atoms. The van der Waals surface area contributed by atoms with Crippen LogP contribution in [0.2, 0.25) is 0 Å². The van der Waals surface area contributed by atoms with Gasteiger partial charge in [0.1, 0.15) is 0 Å². The Balaban J connectivity index is 1.87. The van der Waals surface area contributed by atoms with Gasteiger partial charge < -0.3 is 14.6 Å². The molecule has 2 aromatic carbocycles. The molecule has 1 aliphatic rings. The average molecular weight is 491 g/mol. The fraction of sp³-hybridized carbons (Fsp3) is 0.190. The Kier molecular flexibility index (Phi) is 6.84. The van der Waals surface area contributed by atoms with Gasteiger partial charge in [0, 0.05) is 7.05 Å². The van der Waals surface area contributed by atoms with Gasteiger partial charge in [-0.2, -0.15) is 0 Å². The molecule has 1 saturated heterocycles. The summed E-state index contributed by atoms with van der Waals surface area (Å²) in [6, 6.07) is 9.99. The number of esters is 1. The van der Waals surface area contributed by atoms with Crippen molar-refractivity contribution in [1.29, 1.82) is 0 Å². The summed E-state index contributed by atoms with van der Waals surface area (Å²) in [7, 11) is 2.97. The third-order valence-electron chi connectivity index (χ3n) is 4.17. The van der Waals surface area contributed by atoms with Crippen molar-refractivity contribution >= 4 is 56.5 Å². The first kappa shape index (κ1) is 21.9. The van der Waals surface area contributed by atoms with Crippen LogP contribution in [-0.4, -0.2) is 47.8 Å². The Morgan fingerprint density at radius 3 is 2.63 bits per heavy atom. The van der Waals surface area contributed by atoms with Crippen molar-refractivity contribution in [2.75, 3.05) is 20.8 Å². The molecule has 0 bridgehead atoms. The molecule has 0 unspecified atom stereocenters. The molecule has 0 spiro atoms. The number of carbonyl (C=O) groups is 2. The highest BCUT2D eigenvalue weighted by molar-refractivity contribution is 9.10. The zero-order valence-corrected chi connectivity index (χ0v) is 18.9. The van der Waals surface area contributed by atoms with Crippen LogP contribution in [0.25, 0.3) is 6.08 Å². The van der Waals surface area contributed by atoms with Crippen LogP contribution in [-0.2, 0) is 9.53 Å². The number of methoxy groups -OCH3 is 1. The van der Waals surface area contributed by atoms with Crippen molar-refractivity contribution in [3.05, 3.63) is 56.9 Å². The number of hydrogen-bond acceptors (Lipinski definition) is 7. The van der Waals surface area contributed by atoms with Crippen LogP contribution in [0, 0.1) is 0 Å². The van der Waals surface area contributed by atoms with Gasteiger partial charge in [-0.1, -0.05) is 0 Å². The van der Waals surface area contributed by atoms with E-state index in [2.05, 4.69) is 25.7 Å². The number of halogens is 1. The number of amides is 1. The van der Waals surface area contributed by atoms with E-state index in [0.29, 0.717) is 43.7 Å². The SMILES string of the molecule is CCOc1cc(/C=C2\SC(=Nc3ccc(C(=O)OC)cc3)N(C)C2=O)cc(Br)c1O. The molecule has 0 atom stereocenters. The first-order valence-corrected chi connectivity index (χ1v) is 10.5. The van der Waals surface area contributed by atoms with Crippen molar-refractivity contribution < 1.29 is 24.2 Å². The van der Waals surface area contributed by atoms with Crippen molar-refractivity contribution in [3.63, 3.8) is 0 Å². The number of nitrogens with zero attached hydrogens (tertiary/aromatic N) is 2. The topological polar surface area (TPSA) is 88.4 Å². The number of amidine groups is 1. The van der Waals surface area contributed by atoms with Crippen LogP contribution in [0.3, 0.4) is 0 Å². The van der Waals surface area contributed by atoms with Gasteiger partial charge >= 0.3 is 5.97 Å². The number of phenols is 1. The monoisotopic (exact) mass is 490 g/mol. The molecule has 3 rings (SSSR count). The minimum Gasteiger partial charge on any atom is -0.503 e. The number of thioether (sulfide) groups is 1. The molecule has 0 saturated carbocycles. The van der Waals surface area contributed by atoms with E-state index in [9.17, 15) is 14.7 Å². The molecule has 1 fully saturated rings. The molecular weight excluding hydrogens is 472 g/mol. The molecule has 1 N–H and O–H groups in total. The number of likely N-dealkylation sites (N-methyl/N-ethyl adjacent to an activating group) is 1. The van der Waals surface area contributed by atoms with Crippen molar-refractivity contribution in [1.82, 2.24) is 4.90 Å². The van der Waals surface area contributed by atoms with Crippen LogP contribution in [0.4, 0.5) is 5.69 Å². The largest absolute Gasteiger partial charge is 0.503 e. The van der Waals surface area contributed by atoms with Gasteiger partial charge in [-0.15, -0.1) is 0 Å². The summed E-state index contributed by atoms with van der Waals surface area (Å²) in [4.78, 5) is 30.7. The summed E-state index contributed by atoms with van der Waals surface area (Å²) < 4.78 is 10.6. The average Bonchev–Trinajstić information content (AvgIpc) is 2.99. The Hall–Kier alpha value is -2.78. The lowest BCUT2D eigenvalue weighted by atomic mass is 10.2. The van der Waals surface area contributed by atoms with Gasteiger partial charge in [-0.25, -0.2) is 9.79 Å². The summed E-state index contributed by atoms with van der Waals surface area (Å²) in [6.45, 7) is 2.23. The smallest absolute Gasteiger partial charge is 0.337 e. The Labute approximate surface area is 186 Å². The van der Waals surface area contributed by atoms with E-state index >= 15 is 0 Å². The number of ether oxygens (including phenoxy) is 2. The number of rotatable bonds is 5. The first-order valence-electron chi connectivity index (χ1n) is 8.94. The number of aliphatic imine (C=N–C) groups is 1. The maximum Gasteiger partial charge on any atom is 0.337 e. The third kappa shape index (κ3) is 4.68. The minimum absolute atomic E-state index is 0.0131. The van der Waals surface area contributed by atoms with Crippen LogP contribution < -0.4 is 4.74 Å². The predicted molar refractivity (Wildman–Crippen MR) is 120 cm³/mol. The lowest BCUT2D eigenvalue weighted by Gasteiger charge is -2.09. The number of phenolic OH excluding ortho intramolecular Hbond substituents is 1.